The van der Waals surface area contributed by atoms with Crippen molar-refractivity contribution in [1.29, 1.82) is 0 Å². The number of β-amino-alcohol motifs (C(OH)–C–C–N with tert-alkyl or cyclic N) is 1. The Kier molecular flexibility index (Phi) is 11.1. The van der Waals surface area contributed by atoms with Crippen LogP contribution in [0, 0.1) is 0 Å². The lowest BCUT2D eigenvalue weighted by molar-refractivity contribution is -0.158. The molecule has 0 bridgehead atoms. The van der Waals surface area contributed by atoms with Gasteiger partial charge in [0.05, 0.1) is 12.2 Å². The monoisotopic (exact) mass is 331 g/mol. The molecule has 0 aromatic rings. The lowest BCUT2D eigenvalue weighted by atomic mass is 9.94. The minimum absolute atomic E-state index is 0.0356. The van der Waals surface area contributed by atoms with Crippen molar-refractivity contribution < 1.29 is 19.7 Å². The van der Waals surface area contributed by atoms with E-state index >= 15 is 0 Å². The quantitative estimate of drug-likeness (QED) is 0.537. The van der Waals surface area contributed by atoms with Crippen molar-refractivity contribution >= 4 is 0 Å². The maximum absolute atomic E-state index is 10.4. The van der Waals surface area contributed by atoms with Crippen LogP contribution in [0.3, 0.4) is 0 Å². The summed E-state index contributed by atoms with van der Waals surface area (Å²) < 4.78 is 11.0. The van der Waals surface area contributed by atoms with Gasteiger partial charge in [-0.05, 0) is 39.7 Å². The number of aliphatic hydroxyl groups is 2. The van der Waals surface area contributed by atoms with Gasteiger partial charge in [-0.3, -0.25) is 4.90 Å². The van der Waals surface area contributed by atoms with Crippen LogP contribution in [0.2, 0.25) is 0 Å². The summed E-state index contributed by atoms with van der Waals surface area (Å²) in [6, 6.07) is 0.0356. The van der Waals surface area contributed by atoms with Gasteiger partial charge in [0.15, 0.2) is 0 Å². The molecule has 2 N–H and O–H groups in total. The number of nitrogens with zero attached hydrogens (tertiary/aromatic N) is 1. The molecule has 0 radical (unpaired) electrons. The van der Waals surface area contributed by atoms with Gasteiger partial charge in [0, 0.05) is 32.4 Å². The summed E-state index contributed by atoms with van der Waals surface area (Å²) >= 11 is 0. The van der Waals surface area contributed by atoms with Crippen molar-refractivity contribution in [2.75, 3.05) is 32.9 Å². The Morgan fingerprint density at radius 3 is 2.43 bits per heavy atom. The van der Waals surface area contributed by atoms with Crippen LogP contribution in [-0.4, -0.2) is 72.4 Å². The molecule has 5 nitrogen and oxygen atoms in total. The third-order valence-electron chi connectivity index (χ3n) is 4.70. The van der Waals surface area contributed by atoms with Gasteiger partial charge in [-0.1, -0.05) is 26.2 Å². The van der Waals surface area contributed by atoms with E-state index in [-0.39, 0.29) is 6.04 Å². The number of rotatable bonds is 12. The molecule has 1 aliphatic rings. The van der Waals surface area contributed by atoms with Gasteiger partial charge in [0.1, 0.15) is 6.10 Å². The van der Waals surface area contributed by atoms with E-state index in [1.165, 1.54) is 12.8 Å². The molecule has 0 saturated carbocycles. The molecule has 23 heavy (non-hydrogen) atoms. The summed E-state index contributed by atoms with van der Waals surface area (Å²) in [6.45, 7) is 9.93. The zero-order valence-electron chi connectivity index (χ0n) is 15.2. The normalized spacial score (nSPS) is 29.1. The van der Waals surface area contributed by atoms with Gasteiger partial charge in [-0.2, -0.15) is 0 Å². The van der Waals surface area contributed by atoms with Crippen molar-refractivity contribution in [1.82, 2.24) is 4.90 Å². The van der Waals surface area contributed by atoms with Crippen molar-refractivity contribution in [3.05, 3.63) is 0 Å². The van der Waals surface area contributed by atoms with Gasteiger partial charge in [0.2, 0.25) is 0 Å². The van der Waals surface area contributed by atoms with E-state index in [1.54, 1.807) is 0 Å². The zero-order chi connectivity index (χ0) is 17.1. The van der Waals surface area contributed by atoms with Crippen LogP contribution in [0.15, 0.2) is 0 Å². The molecule has 0 amide bonds. The maximum atomic E-state index is 10.4. The highest BCUT2D eigenvalue weighted by Crippen LogP contribution is 2.22. The molecule has 0 aliphatic carbocycles. The first-order valence-electron chi connectivity index (χ1n) is 9.41. The Morgan fingerprint density at radius 1 is 1.00 bits per heavy atom. The minimum atomic E-state index is -0.617. The summed E-state index contributed by atoms with van der Waals surface area (Å²) in [5.41, 5.74) is 0. The smallest absolute Gasteiger partial charge is 0.112 e. The Balaban J connectivity index is 2.25. The van der Waals surface area contributed by atoms with Crippen LogP contribution in [0.5, 0.6) is 0 Å². The van der Waals surface area contributed by atoms with Crippen molar-refractivity contribution in [2.45, 2.75) is 83.6 Å². The molecule has 1 aliphatic heterocycles. The topological polar surface area (TPSA) is 62.2 Å². The van der Waals surface area contributed by atoms with Crippen molar-refractivity contribution in [2.24, 2.45) is 0 Å². The molecular formula is C18H37NO4. The predicted octanol–water partition coefficient (Wildman–Crippen LogP) is 2.19. The molecule has 5 heteroatoms. The molecule has 1 rings (SSSR count). The van der Waals surface area contributed by atoms with Gasteiger partial charge in [-0.15, -0.1) is 0 Å². The molecule has 4 atom stereocenters. The number of unbranched alkanes of at least 4 members (excludes halogenated alkanes) is 4. The highest BCUT2D eigenvalue weighted by Gasteiger charge is 2.40. The summed E-state index contributed by atoms with van der Waals surface area (Å²) in [5.74, 6) is 0. The average molecular weight is 331 g/mol. The number of hydrogen-bond acceptors (Lipinski definition) is 5. The largest absolute Gasteiger partial charge is 0.389 e. The maximum Gasteiger partial charge on any atom is 0.112 e. The second kappa shape index (κ2) is 12.2. The zero-order valence-corrected chi connectivity index (χ0v) is 15.2. The lowest BCUT2D eigenvalue weighted by Gasteiger charge is -2.44. The fraction of sp³-hybridized carbons (Fsp3) is 1.00. The van der Waals surface area contributed by atoms with E-state index in [1.807, 2.05) is 13.8 Å². The number of likely N-dealkylation sites (tertiary alicyclic amines) is 1. The fourth-order valence-corrected chi connectivity index (χ4v) is 3.11. The van der Waals surface area contributed by atoms with Gasteiger partial charge in [-0.25, -0.2) is 0 Å². The molecule has 0 spiro atoms. The van der Waals surface area contributed by atoms with Crippen LogP contribution in [0.4, 0.5) is 0 Å². The van der Waals surface area contributed by atoms with Crippen molar-refractivity contribution in [3.8, 4) is 0 Å². The summed E-state index contributed by atoms with van der Waals surface area (Å²) in [4.78, 5) is 2.19. The molecule has 0 aromatic carbocycles. The van der Waals surface area contributed by atoms with E-state index in [9.17, 15) is 10.2 Å². The summed E-state index contributed by atoms with van der Waals surface area (Å²) in [6.07, 6.45) is 4.91. The van der Waals surface area contributed by atoms with E-state index < -0.39 is 18.3 Å². The van der Waals surface area contributed by atoms with E-state index in [0.717, 1.165) is 45.4 Å². The van der Waals surface area contributed by atoms with Crippen LogP contribution < -0.4 is 0 Å². The highest BCUT2D eigenvalue weighted by molar-refractivity contribution is 4.93. The predicted molar refractivity (Wildman–Crippen MR) is 92.7 cm³/mol. The van der Waals surface area contributed by atoms with Gasteiger partial charge < -0.3 is 19.7 Å². The molecule has 1 saturated heterocycles. The Hall–Kier alpha value is -0.200. The molecule has 138 valence electrons. The molecule has 1 fully saturated rings. The van der Waals surface area contributed by atoms with Crippen LogP contribution >= 0.6 is 0 Å². The third-order valence-corrected chi connectivity index (χ3v) is 4.70. The third kappa shape index (κ3) is 7.48. The number of ether oxygens (including phenoxy) is 2. The van der Waals surface area contributed by atoms with E-state index in [0.29, 0.717) is 13.2 Å². The second-order valence-electron chi connectivity index (χ2n) is 6.59. The molecule has 0 unspecified atom stereocenters. The van der Waals surface area contributed by atoms with Crippen LogP contribution in [0.1, 0.15) is 59.3 Å². The summed E-state index contributed by atoms with van der Waals surface area (Å²) in [7, 11) is 0. The number of aliphatic hydroxyl groups excluding tert-OH is 2. The summed E-state index contributed by atoms with van der Waals surface area (Å²) in [5, 5.41) is 20.7. The standard InChI is InChI=1S/C18H37NO4/c1-4-6-13-23-18-16(20)14-19(15(3)17(18)21)11-9-7-8-10-12-22-5-2/h15-18,20-21H,4-14H2,1-3H3/t15-,16+,17+,18-/m1/s1. The van der Waals surface area contributed by atoms with E-state index in [2.05, 4.69) is 11.8 Å². The van der Waals surface area contributed by atoms with Gasteiger partial charge >= 0.3 is 0 Å². The minimum Gasteiger partial charge on any atom is -0.389 e. The van der Waals surface area contributed by atoms with Crippen LogP contribution in [0.25, 0.3) is 0 Å². The molecule has 1 heterocycles. The number of hydrogen-bond donors (Lipinski definition) is 2. The number of piperidine rings is 1. The first-order valence-corrected chi connectivity index (χ1v) is 9.41. The SMILES string of the molecule is CCCCO[C@H]1[C@@H](O)[C@@H](C)N(CCCCCCOCC)C[C@@H]1O. The van der Waals surface area contributed by atoms with Crippen LogP contribution in [-0.2, 0) is 9.47 Å². The molecular weight excluding hydrogens is 294 g/mol. The second-order valence-corrected chi connectivity index (χ2v) is 6.59. The Bertz CT molecular complexity index is 290. The van der Waals surface area contributed by atoms with Gasteiger partial charge in [0.25, 0.3) is 0 Å². The molecule has 0 aromatic heterocycles. The lowest BCUT2D eigenvalue weighted by Crippen LogP contribution is -2.61. The fourth-order valence-electron chi connectivity index (χ4n) is 3.11. The van der Waals surface area contributed by atoms with Crippen molar-refractivity contribution in [3.63, 3.8) is 0 Å². The highest BCUT2D eigenvalue weighted by atomic mass is 16.5. The average Bonchev–Trinajstić information content (AvgIpc) is 2.54. The first-order chi connectivity index (χ1) is 11.1. The first kappa shape index (κ1) is 20.8. The van der Waals surface area contributed by atoms with E-state index in [4.69, 9.17) is 9.47 Å². The Morgan fingerprint density at radius 2 is 1.74 bits per heavy atom. The Labute approximate surface area is 142 Å².